The molecule has 0 aromatic carbocycles. The van der Waals surface area contributed by atoms with E-state index in [2.05, 4.69) is 15.4 Å². The number of rotatable bonds is 3. The van der Waals surface area contributed by atoms with E-state index in [1.165, 1.54) is 10.9 Å². The van der Waals surface area contributed by atoms with Gasteiger partial charge < -0.3 is 10.4 Å². The lowest BCUT2D eigenvalue weighted by Gasteiger charge is -2.06. The molecular formula is C12H12N4O3. The summed E-state index contributed by atoms with van der Waals surface area (Å²) >= 11 is 0. The molecule has 2 rings (SSSR count). The minimum Gasteiger partial charge on any atom is -0.477 e. The Labute approximate surface area is 108 Å². The van der Waals surface area contributed by atoms with Crippen LogP contribution >= 0.6 is 0 Å². The maximum absolute atomic E-state index is 12.0. The quantitative estimate of drug-likeness (QED) is 0.860. The number of anilines is 1. The molecule has 0 aliphatic carbocycles. The molecule has 19 heavy (non-hydrogen) atoms. The Morgan fingerprint density at radius 3 is 2.74 bits per heavy atom. The third-order valence-electron chi connectivity index (χ3n) is 2.52. The third kappa shape index (κ3) is 2.59. The van der Waals surface area contributed by atoms with Crippen LogP contribution in [0.25, 0.3) is 0 Å². The van der Waals surface area contributed by atoms with E-state index in [4.69, 9.17) is 5.11 Å². The number of aromatic carboxylic acids is 1. The molecule has 0 fully saturated rings. The first kappa shape index (κ1) is 12.7. The van der Waals surface area contributed by atoms with Gasteiger partial charge in [0.25, 0.3) is 5.91 Å². The zero-order valence-corrected chi connectivity index (χ0v) is 10.4. The molecule has 0 aliphatic rings. The second-order valence-electron chi connectivity index (χ2n) is 3.95. The number of aromatic nitrogens is 3. The number of carbonyl (C=O) groups is 2. The lowest BCUT2D eigenvalue weighted by Crippen LogP contribution is -2.18. The van der Waals surface area contributed by atoms with Crippen LogP contribution in [0, 0.1) is 6.92 Å². The fraction of sp³-hybridized carbons (Fsp3) is 0.167. The van der Waals surface area contributed by atoms with E-state index >= 15 is 0 Å². The zero-order valence-electron chi connectivity index (χ0n) is 10.4. The molecule has 0 saturated heterocycles. The number of aryl methyl sites for hydroxylation is 2. The Morgan fingerprint density at radius 1 is 1.37 bits per heavy atom. The van der Waals surface area contributed by atoms with Gasteiger partial charge in [0.1, 0.15) is 17.1 Å². The van der Waals surface area contributed by atoms with E-state index in [9.17, 15) is 9.59 Å². The number of hydrogen-bond donors (Lipinski definition) is 2. The predicted molar refractivity (Wildman–Crippen MR) is 67.1 cm³/mol. The van der Waals surface area contributed by atoms with Crippen molar-refractivity contribution in [2.24, 2.45) is 7.05 Å². The summed E-state index contributed by atoms with van der Waals surface area (Å²) in [6.45, 7) is 1.77. The molecule has 1 amide bonds. The van der Waals surface area contributed by atoms with Crippen molar-refractivity contribution in [3.05, 3.63) is 41.3 Å². The number of nitrogens with zero attached hydrogens (tertiary/aromatic N) is 3. The van der Waals surface area contributed by atoms with Crippen LogP contribution < -0.4 is 5.32 Å². The first-order valence-electron chi connectivity index (χ1n) is 5.49. The summed E-state index contributed by atoms with van der Waals surface area (Å²) in [4.78, 5) is 27.0. The molecule has 7 heteroatoms. The summed E-state index contributed by atoms with van der Waals surface area (Å²) in [5.74, 6) is -1.50. The Morgan fingerprint density at radius 2 is 2.11 bits per heavy atom. The maximum atomic E-state index is 12.0. The molecule has 2 heterocycles. The summed E-state index contributed by atoms with van der Waals surface area (Å²) in [7, 11) is 1.55. The number of amides is 1. The first-order chi connectivity index (χ1) is 8.99. The molecule has 0 atom stereocenters. The minimum absolute atomic E-state index is 0.0662. The van der Waals surface area contributed by atoms with Gasteiger partial charge in [-0.15, -0.1) is 0 Å². The largest absolute Gasteiger partial charge is 0.477 e. The monoisotopic (exact) mass is 260 g/mol. The summed E-state index contributed by atoms with van der Waals surface area (Å²) in [6.07, 6.45) is 1.18. The highest BCUT2D eigenvalue weighted by Crippen LogP contribution is 2.14. The molecule has 0 bridgehead atoms. The van der Waals surface area contributed by atoms with Crippen LogP contribution in [0.2, 0.25) is 0 Å². The van der Waals surface area contributed by atoms with Crippen LogP contribution in [0.5, 0.6) is 0 Å². The number of hydrogen-bond acceptors (Lipinski definition) is 4. The summed E-state index contributed by atoms with van der Waals surface area (Å²) < 4.78 is 1.29. The second kappa shape index (κ2) is 4.89. The molecule has 0 aliphatic heterocycles. The van der Waals surface area contributed by atoms with Crippen LogP contribution in [-0.2, 0) is 7.05 Å². The summed E-state index contributed by atoms with van der Waals surface area (Å²) in [5.41, 5.74) is 0.858. The Hall–Kier alpha value is -2.70. The van der Waals surface area contributed by atoms with E-state index in [1.54, 1.807) is 32.2 Å². The van der Waals surface area contributed by atoms with Crippen molar-refractivity contribution in [2.45, 2.75) is 6.92 Å². The van der Waals surface area contributed by atoms with Crippen molar-refractivity contribution in [3.8, 4) is 0 Å². The van der Waals surface area contributed by atoms with Gasteiger partial charge in [-0.05, 0) is 19.1 Å². The first-order valence-corrected chi connectivity index (χ1v) is 5.49. The Kier molecular flexibility index (Phi) is 3.28. The number of nitrogens with one attached hydrogen (secondary N) is 1. The molecule has 7 nitrogen and oxygen atoms in total. The highest BCUT2D eigenvalue weighted by molar-refractivity contribution is 6.05. The molecule has 2 N–H and O–H groups in total. The van der Waals surface area contributed by atoms with Crippen molar-refractivity contribution in [2.75, 3.05) is 5.32 Å². The van der Waals surface area contributed by atoms with Gasteiger partial charge in [-0.2, -0.15) is 5.10 Å². The summed E-state index contributed by atoms with van der Waals surface area (Å²) in [5, 5.41) is 15.3. The fourth-order valence-electron chi connectivity index (χ4n) is 1.58. The molecule has 0 radical (unpaired) electrons. The van der Waals surface area contributed by atoms with Crippen LogP contribution in [0.4, 0.5) is 5.82 Å². The van der Waals surface area contributed by atoms with Gasteiger partial charge in [-0.3, -0.25) is 9.48 Å². The van der Waals surface area contributed by atoms with E-state index in [0.29, 0.717) is 5.69 Å². The standard InChI is InChI=1S/C12H12N4O3/c1-7-4-3-5-9(14-7)11(17)15-10-8(12(18)19)6-13-16(10)2/h3-6H,1-2H3,(H,15,17)(H,18,19). The van der Waals surface area contributed by atoms with Crippen molar-refractivity contribution in [3.63, 3.8) is 0 Å². The molecular weight excluding hydrogens is 248 g/mol. The van der Waals surface area contributed by atoms with E-state index in [1.807, 2.05) is 0 Å². The maximum Gasteiger partial charge on any atom is 0.341 e. The van der Waals surface area contributed by atoms with Crippen LogP contribution in [0.1, 0.15) is 26.5 Å². The number of carbonyl (C=O) groups excluding carboxylic acids is 1. The van der Waals surface area contributed by atoms with E-state index < -0.39 is 11.9 Å². The van der Waals surface area contributed by atoms with Gasteiger partial charge in [0, 0.05) is 12.7 Å². The normalized spacial score (nSPS) is 10.2. The Balaban J connectivity index is 2.29. The average Bonchev–Trinajstić information content (AvgIpc) is 2.71. The summed E-state index contributed by atoms with van der Waals surface area (Å²) in [6, 6.07) is 5.03. The SMILES string of the molecule is Cc1cccc(C(=O)Nc2c(C(=O)O)cnn2C)n1. The predicted octanol–water partition coefficient (Wildman–Crippen LogP) is 1.07. The van der Waals surface area contributed by atoms with Crippen LogP contribution in [0.15, 0.2) is 24.4 Å². The number of pyridine rings is 1. The van der Waals surface area contributed by atoms with Crippen molar-refractivity contribution < 1.29 is 14.7 Å². The lowest BCUT2D eigenvalue weighted by atomic mass is 10.3. The van der Waals surface area contributed by atoms with Gasteiger partial charge in [0.15, 0.2) is 0 Å². The highest BCUT2D eigenvalue weighted by atomic mass is 16.4. The van der Waals surface area contributed by atoms with Crippen LogP contribution in [0.3, 0.4) is 0 Å². The molecule has 0 unspecified atom stereocenters. The number of carboxylic acids is 1. The third-order valence-corrected chi connectivity index (χ3v) is 2.52. The van der Waals surface area contributed by atoms with Gasteiger partial charge in [-0.1, -0.05) is 6.07 Å². The lowest BCUT2D eigenvalue weighted by molar-refractivity contribution is 0.0698. The van der Waals surface area contributed by atoms with Gasteiger partial charge >= 0.3 is 5.97 Å². The van der Waals surface area contributed by atoms with Crippen molar-refractivity contribution in [1.82, 2.24) is 14.8 Å². The topological polar surface area (TPSA) is 97.1 Å². The van der Waals surface area contributed by atoms with Gasteiger partial charge in [0.2, 0.25) is 0 Å². The van der Waals surface area contributed by atoms with Gasteiger partial charge in [0.05, 0.1) is 6.20 Å². The highest BCUT2D eigenvalue weighted by Gasteiger charge is 2.18. The number of carboxylic acid groups (broad SMARTS) is 1. The fourth-order valence-corrected chi connectivity index (χ4v) is 1.58. The molecule has 2 aromatic rings. The molecule has 2 aromatic heterocycles. The van der Waals surface area contributed by atoms with Gasteiger partial charge in [-0.25, -0.2) is 9.78 Å². The van der Waals surface area contributed by atoms with Crippen molar-refractivity contribution in [1.29, 1.82) is 0 Å². The zero-order chi connectivity index (χ0) is 14.0. The van der Waals surface area contributed by atoms with Crippen molar-refractivity contribution >= 4 is 17.7 Å². The average molecular weight is 260 g/mol. The molecule has 0 saturated carbocycles. The van der Waals surface area contributed by atoms with E-state index in [-0.39, 0.29) is 17.1 Å². The van der Waals surface area contributed by atoms with E-state index in [0.717, 1.165) is 0 Å². The second-order valence-corrected chi connectivity index (χ2v) is 3.95. The molecule has 98 valence electrons. The smallest absolute Gasteiger partial charge is 0.341 e. The van der Waals surface area contributed by atoms with Crippen LogP contribution in [-0.4, -0.2) is 31.7 Å². The minimum atomic E-state index is -1.15. The molecule has 0 spiro atoms. The Bertz CT molecular complexity index is 648.